The molecule has 27 heavy (non-hydrogen) atoms. The van der Waals surface area contributed by atoms with Crippen LogP contribution in [-0.4, -0.2) is 48.2 Å². The molecule has 9 heteroatoms. The fraction of sp³-hybridized carbons (Fsp3) is 0.611. The summed E-state index contributed by atoms with van der Waals surface area (Å²) < 4.78 is 3.16. The minimum atomic E-state index is -0.319. The molecule has 1 saturated heterocycles. The van der Waals surface area contributed by atoms with Gasteiger partial charge in [0.15, 0.2) is 0 Å². The lowest BCUT2D eigenvalue weighted by Crippen LogP contribution is -2.40. The number of aromatic nitrogens is 5. The highest BCUT2D eigenvalue weighted by Gasteiger charge is 2.28. The van der Waals surface area contributed by atoms with Gasteiger partial charge >= 0.3 is 11.4 Å². The molecule has 1 aliphatic rings. The highest BCUT2D eigenvalue weighted by Crippen LogP contribution is 2.25. The minimum absolute atomic E-state index is 0.00695. The average molecular weight is 374 g/mol. The number of carbonyl (C=O) groups is 1. The number of aryl methyl sites for hydroxylation is 2. The van der Waals surface area contributed by atoms with Crippen LogP contribution in [0.3, 0.4) is 0 Å². The van der Waals surface area contributed by atoms with Crippen molar-refractivity contribution in [2.24, 2.45) is 0 Å². The number of rotatable bonds is 5. The van der Waals surface area contributed by atoms with E-state index in [4.69, 9.17) is 0 Å². The van der Waals surface area contributed by atoms with Crippen molar-refractivity contribution < 1.29 is 4.79 Å². The molecule has 0 aromatic carbocycles. The van der Waals surface area contributed by atoms with Gasteiger partial charge in [-0.2, -0.15) is 10.1 Å². The van der Waals surface area contributed by atoms with Crippen molar-refractivity contribution in [2.75, 3.05) is 13.1 Å². The van der Waals surface area contributed by atoms with Gasteiger partial charge in [0, 0.05) is 49.9 Å². The molecule has 1 fully saturated rings. The summed E-state index contributed by atoms with van der Waals surface area (Å²) in [7, 11) is 0. The van der Waals surface area contributed by atoms with E-state index >= 15 is 0 Å². The number of H-pyrrole nitrogens is 1. The third-order valence-corrected chi connectivity index (χ3v) is 5.14. The van der Waals surface area contributed by atoms with E-state index in [0.717, 1.165) is 24.4 Å². The predicted octanol–water partition coefficient (Wildman–Crippen LogP) is 0.561. The second kappa shape index (κ2) is 7.89. The Balaban J connectivity index is 1.67. The largest absolute Gasteiger partial charge is 0.347 e. The Morgan fingerprint density at radius 3 is 2.78 bits per heavy atom. The zero-order chi connectivity index (χ0) is 19.6. The topological polar surface area (TPSA) is 106 Å². The highest BCUT2D eigenvalue weighted by atomic mass is 16.2. The lowest BCUT2D eigenvalue weighted by molar-refractivity contribution is -0.132. The van der Waals surface area contributed by atoms with Gasteiger partial charge in [0.05, 0.1) is 0 Å². The normalized spacial score (nSPS) is 17.3. The van der Waals surface area contributed by atoms with Crippen LogP contribution in [0.1, 0.15) is 49.3 Å². The summed E-state index contributed by atoms with van der Waals surface area (Å²) in [5.74, 6) is 0.773. The standard InChI is InChI=1S/C18H26N6O3/c1-4-23-16(20-21-18(23)27)14-6-5-8-22(11-14)15(25)7-9-24-13(3)10-12(2)19-17(24)26/h10,14H,4-9,11H2,1-3H3,(H,21,27). The van der Waals surface area contributed by atoms with Crippen molar-refractivity contribution in [3.05, 3.63) is 44.2 Å². The number of carbonyl (C=O) groups excluding carboxylic acids is 1. The van der Waals surface area contributed by atoms with Gasteiger partial charge in [-0.3, -0.25) is 13.9 Å². The molecule has 1 N–H and O–H groups in total. The van der Waals surface area contributed by atoms with Crippen molar-refractivity contribution in [3.63, 3.8) is 0 Å². The first-order chi connectivity index (χ1) is 12.9. The van der Waals surface area contributed by atoms with E-state index in [2.05, 4.69) is 15.2 Å². The molecule has 3 heterocycles. The smallest absolute Gasteiger partial charge is 0.342 e. The molecule has 9 nitrogen and oxygen atoms in total. The number of piperidine rings is 1. The number of hydrogen-bond acceptors (Lipinski definition) is 5. The van der Waals surface area contributed by atoms with Gasteiger partial charge < -0.3 is 4.90 Å². The summed E-state index contributed by atoms with van der Waals surface area (Å²) in [5, 5.41) is 6.66. The summed E-state index contributed by atoms with van der Waals surface area (Å²) in [5.41, 5.74) is 0.957. The van der Waals surface area contributed by atoms with Crippen LogP contribution in [0.4, 0.5) is 0 Å². The molecule has 2 aromatic heterocycles. The van der Waals surface area contributed by atoms with Crippen LogP contribution < -0.4 is 11.4 Å². The maximum absolute atomic E-state index is 12.7. The Hall–Kier alpha value is -2.71. The van der Waals surface area contributed by atoms with E-state index in [9.17, 15) is 14.4 Å². The third kappa shape index (κ3) is 4.01. The molecular weight excluding hydrogens is 348 g/mol. The summed E-state index contributed by atoms with van der Waals surface area (Å²) in [6, 6.07) is 1.84. The van der Waals surface area contributed by atoms with Crippen molar-refractivity contribution in [1.82, 2.24) is 29.2 Å². The second-order valence-corrected chi connectivity index (χ2v) is 7.03. The molecule has 146 valence electrons. The quantitative estimate of drug-likeness (QED) is 0.823. The van der Waals surface area contributed by atoms with Crippen molar-refractivity contribution in [2.45, 2.75) is 59.0 Å². The maximum atomic E-state index is 12.7. The van der Waals surface area contributed by atoms with Crippen LogP contribution in [-0.2, 0) is 17.9 Å². The van der Waals surface area contributed by atoms with Crippen LogP contribution in [0.15, 0.2) is 15.7 Å². The fourth-order valence-corrected chi connectivity index (χ4v) is 3.77. The lowest BCUT2D eigenvalue weighted by Gasteiger charge is -2.32. The number of nitrogens with zero attached hydrogens (tertiary/aromatic N) is 5. The van der Waals surface area contributed by atoms with E-state index in [1.165, 1.54) is 4.57 Å². The van der Waals surface area contributed by atoms with Gasteiger partial charge in [-0.05, 0) is 39.7 Å². The zero-order valence-corrected chi connectivity index (χ0v) is 16.1. The van der Waals surface area contributed by atoms with E-state index < -0.39 is 0 Å². The average Bonchev–Trinajstić information content (AvgIpc) is 3.01. The van der Waals surface area contributed by atoms with Crippen LogP contribution in [0.2, 0.25) is 0 Å². The molecule has 3 rings (SSSR count). The predicted molar refractivity (Wildman–Crippen MR) is 99.7 cm³/mol. The van der Waals surface area contributed by atoms with Crippen molar-refractivity contribution in [1.29, 1.82) is 0 Å². The Bertz CT molecular complexity index is 941. The minimum Gasteiger partial charge on any atom is -0.342 e. The number of hydrogen-bond donors (Lipinski definition) is 1. The molecule has 1 amide bonds. The first kappa shape index (κ1) is 19.1. The Morgan fingerprint density at radius 2 is 2.07 bits per heavy atom. The highest BCUT2D eigenvalue weighted by molar-refractivity contribution is 5.76. The molecule has 2 aromatic rings. The van der Waals surface area contributed by atoms with Crippen molar-refractivity contribution in [3.8, 4) is 0 Å². The monoisotopic (exact) mass is 374 g/mol. The Kier molecular flexibility index (Phi) is 5.57. The van der Waals surface area contributed by atoms with E-state index in [1.54, 1.807) is 11.5 Å². The van der Waals surface area contributed by atoms with Gasteiger partial charge in [-0.25, -0.2) is 14.7 Å². The number of aromatic amines is 1. The van der Waals surface area contributed by atoms with Gasteiger partial charge in [0.25, 0.3) is 0 Å². The van der Waals surface area contributed by atoms with Crippen molar-refractivity contribution >= 4 is 5.91 Å². The Labute approximate surface area is 157 Å². The first-order valence-electron chi connectivity index (χ1n) is 9.38. The molecular formula is C18H26N6O3. The SMILES string of the molecule is CCn1c(C2CCCN(C(=O)CCn3c(C)cc(C)nc3=O)C2)n[nH]c1=O. The first-order valence-corrected chi connectivity index (χ1v) is 9.38. The Morgan fingerprint density at radius 1 is 1.30 bits per heavy atom. The maximum Gasteiger partial charge on any atom is 0.347 e. The third-order valence-electron chi connectivity index (χ3n) is 5.14. The van der Waals surface area contributed by atoms with Gasteiger partial charge in [0.2, 0.25) is 5.91 Å². The number of likely N-dealkylation sites (tertiary alicyclic amines) is 1. The second-order valence-electron chi connectivity index (χ2n) is 7.03. The molecule has 1 atom stereocenters. The zero-order valence-electron chi connectivity index (χ0n) is 16.1. The lowest BCUT2D eigenvalue weighted by atomic mass is 9.97. The molecule has 1 unspecified atom stereocenters. The summed E-state index contributed by atoms with van der Waals surface area (Å²) in [6.45, 7) is 7.64. The van der Waals surface area contributed by atoms with Crippen LogP contribution in [0.25, 0.3) is 0 Å². The summed E-state index contributed by atoms with van der Waals surface area (Å²) in [4.78, 5) is 42.3. The number of nitrogens with one attached hydrogen (secondary N) is 1. The van der Waals surface area contributed by atoms with E-state index in [0.29, 0.717) is 31.9 Å². The molecule has 0 bridgehead atoms. The van der Waals surface area contributed by atoms with Gasteiger partial charge in [-0.15, -0.1) is 0 Å². The van der Waals surface area contributed by atoms with E-state index in [1.807, 2.05) is 24.8 Å². The van der Waals surface area contributed by atoms with Crippen LogP contribution in [0, 0.1) is 13.8 Å². The van der Waals surface area contributed by atoms with Crippen LogP contribution >= 0.6 is 0 Å². The molecule has 0 aliphatic carbocycles. The summed E-state index contributed by atoms with van der Waals surface area (Å²) >= 11 is 0. The van der Waals surface area contributed by atoms with Gasteiger partial charge in [0.1, 0.15) is 5.82 Å². The summed E-state index contributed by atoms with van der Waals surface area (Å²) in [6.07, 6.45) is 2.01. The van der Waals surface area contributed by atoms with Crippen LogP contribution in [0.5, 0.6) is 0 Å². The van der Waals surface area contributed by atoms with Gasteiger partial charge in [-0.1, -0.05) is 0 Å². The molecule has 0 radical (unpaired) electrons. The molecule has 0 saturated carbocycles. The fourth-order valence-electron chi connectivity index (χ4n) is 3.77. The molecule has 0 spiro atoms. The van der Waals surface area contributed by atoms with E-state index in [-0.39, 0.29) is 29.6 Å². The number of amides is 1. The molecule has 1 aliphatic heterocycles.